The highest BCUT2D eigenvalue weighted by molar-refractivity contribution is 5.82. The highest BCUT2D eigenvalue weighted by atomic mass is 16.5. The van der Waals surface area contributed by atoms with Crippen LogP contribution in [0.4, 0.5) is 0 Å². The van der Waals surface area contributed by atoms with Gasteiger partial charge in [0.25, 0.3) is 0 Å². The largest absolute Gasteiger partial charge is 0.390 e. The van der Waals surface area contributed by atoms with Gasteiger partial charge in [0, 0.05) is 63.7 Å². The lowest BCUT2D eigenvalue weighted by Gasteiger charge is -2.33. The van der Waals surface area contributed by atoms with Crippen LogP contribution in [0.25, 0.3) is 10.9 Å². The van der Waals surface area contributed by atoms with Crippen LogP contribution in [0, 0.1) is 0 Å². The maximum absolute atomic E-state index is 10.5. The Morgan fingerprint density at radius 2 is 2.00 bits per heavy atom. The molecule has 5 nitrogen and oxygen atoms in total. The highest BCUT2D eigenvalue weighted by Crippen LogP contribution is 2.21. The number of β-amino-alcohol motifs (C(OH)–C–C–N with tert-alkyl or cyclic N) is 1. The fourth-order valence-electron chi connectivity index (χ4n) is 4.13. The van der Waals surface area contributed by atoms with Gasteiger partial charge in [0.15, 0.2) is 0 Å². The van der Waals surface area contributed by atoms with Crippen molar-refractivity contribution >= 4 is 10.9 Å². The van der Waals surface area contributed by atoms with E-state index in [1.807, 2.05) is 6.20 Å². The molecule has 4 rings (SSSR count). The molecule has 2 saturated heterocycles. The lowest BCUT2D eigenvalue weighted by atomic mass is 10.1. The van der Waals surface area contributed by atoms with Crippen LogP contribution in [-0.2, 0) is 11.3 Å². The lowest BCUT2D eigenvalue weighted by molar-refractivity contribution is 0.0217. The number of nitrogens with one attached hydrogen (secondary N) is 1. The second-order valence-corrected chi connectivity index (χ2v) is 7.09. The Labute approximate surface area is 143 Å². The molecule has 2 N–H and O–H groups in total. The molecule has 2 aromatic rings. The van der Waals surface area contributed by atoms with Gasteiger partial charge in [0.1, 0.15) is 0 Å². The van der Waals surface area contributed by atoms with Gasteiger partial charge in [-0.15, -0.1) is 0 Å². The fourth-order valence-corrected chi connectivity index (χ4v) is 4.13. The first-order valence-corrected chi connectivity index (χ1v) is 9.07. The van der Waals surface area contributed by atoms with Crippen molar-refractivity contribution in [3.63, 3.8) is 0 Å². The van der Waals surface area contributed by atoms with Crippen LogP contribution in [0.15, 0.2) is 30.5 Å². The number of aromatic nitrogens is 1. The van der Waals surface area contributed by atoms with Gasteiger partial charge in [-0.2, -0.15) is 0 Å². The van der Waals surface area contributed by atoms with Crippen LogP contribution < -0.4 is 0 Å². The van der Waals surface area contributed by atoms with Crippen LogP contribution in [-0.4, -0.2) is 71.4 Å². The summed E-state index contributed by atoms with van der Waals surface area (Å²) >= 11 is 0. The van der Waals surface area contributed by atoms with Crippen molar-refractivity contribution in [3.05, 3.63) is 36.0 Å². The molecule has 5 heteroatoms. The van der Waals surface area contributed by atoms with Crippen molar-refractivity contribution < 1.29 is 9.84 Å². The maximum Gasteiger partial charge on any atom is 0.0794 e. The number of aliphatic hydroxyl groups excluding tert-OH is 1. The zero-order chi connectivity index (χ0) is 16.4. The third kappa shape index (κ3) is 3.49. The Bertz CT molecular complexity index is 665. The minimum Gasteiger partial charge on any atom is -0.390 e. The number of rotatable bonds is 3. The van der Waals surface area contributed by atoms with E-state index >= 15 is 0 Å². The van der Waals surface area contributed by atoms with Crippen LogP contribution in [0.2, 0.25) is 0 Å². The van der Waals surface area contributed by atoms with E-state index in [-0.39, 0.29) is 6.10 Å². The number of benzene rings is 1. The molecule has 0 amide bonds. The average molecular weight is 329 g/mol. The number of para-hydroxylation sites is 1. The molecule has 0 radical (unpaired) electrons. The number of H-pyrrole nitrogens is 1. The van der Waals surface area contributed by atoms with E-state index in [0.29, 0.717) is 6.04 Å². The maximum atomic E-state index is 10.5. The molecule has 1 atom stereocenters. The minimum atomic E-state index is -0.279. The third-order valence-corrected chi connectivity index (χ3v) is 5.39. The molecule has 130 valence electrons. The van der Waals surface area contributed by atoms with Gasteiger partial charge < -0.3 is 14.8 Å². The van der Waals surface area contributed by atoms with Crippen LogP contribution in [0.5, 0.6) is 0 Å². The summed E-state index contributed by atoms with van der Waals surface area (Å²) in [5.41, 5.74) is 2.53. The average Bonchev–Trinajstić information content (AvgIpc) is 3.01. The molecule has 0 unspecified atom stereocenters. The molecule has 0 saturated carbocycles. The van der Waals surface area contributed by atoms with Crippen LogP contribution in [0.3, 0.4) is 0 Å². The number of aliphatic hydroxyl groups is 1. The fraction of sp³-hybridized carbons (Fsp3) is 0.579. The van der Waals surface area contributed by atoms with E-state index in [4.69, 9.17) is 4.74 Å². The zero-order valence-corrected chi connectivity index (χ0v) is 14.2. The first kappa shape index (κ1) is 16.1. The van der Waals surface area contributed by atoms with E-state index in [1.54, 1.807) is 0 Å². The van der Waals surface area contributed by atoms with Gasteiger partial charge in [-0.05, 0) is 29.9 Å². The number of fused-ring (bicyclic) bond motifs is 1. The van der Waals surface area contributed by atoms with E-state index < -0.39 is 0 Å². The molecule has 0 bridgehead atoms. The highest BCUT2D eigenvalue weighted by Gasteiger charge is 2.27. The number of hydrogen-bond acceptors (Lipinski definition) is 4. The van der Waals surface area contributed by atoms with Crippen molar-refractivity contribution in [2.45, 2.75) is 31.5 Å². The molecule has 2 fully saturated rings. The predicted molar refractivity (Wildman–Crippen MR) is 95.0 cm³/mol. The van der Waals surface area contributed by atoms with Gasteiger partial charge in [0.05, 0.1) is 6.10 Å². The van der Waals surface area contributed by atoms with E-state index in [1.165, 1.54) is 16.5 Å². The van der Waals surface area contributed by atoms with Crippen molar-refractivity contribution in [2.75, 3.05) is 39.4 Å². The molecule has 24 heavy (non-hydrogen) atoms. The van der Waals surface area contributed by atoms with Gasteiger partial charge in [-0.25, -0.2) is 0 Å². The Morgan fingerprint density at radius 1 is 1.12 bits per heavy atom. The SMILES string of the molecule is O[C@@H]1CN(Cc2cccc3cc[nH]c23)CCN(C2CCOCC2)C1. The van der Waals surface area contributed by atoms with Crippen LogP contribution in [0.1, 0.15) is 18.4 Å². The standard InChI is InChI=1S/C19H27N3O2/c23-18-13-21(8-9-22(14-18)17-5-10-24-11-6-17)12-16-3-1-2-15-4-7-20-19(15)16/h1-4,7,17-18,20,23H,5-6,8-14H2/t18-/m1/s1. The summed E-state index contributed by atoms with van der Waals surface area (Å²) in [5, 5.41) is 11.7. The summed E-state index contributed by atoms with van der Waals surface area (Å²) in [6.45, 7) is 6.17. The second-order valence-electron chi connectivity index (χ2n) is 7.09. The Morgan fingerprint density at radius 3 is 2.88 bits per heavy atom. The van der Waals surface area contributed by atoms with Gasteiger partial charge >= 0.3 is 0 Å². The second kappa shape index (κ2) is 7.23. The number of hydrogen-bond donors (Lipinski definition) is 2. The number of nitrogens with zero attached hydrogens (tertiary/aromatic N) is 2. The molecule has 0 aliphatic carbocycles. The molecular weight excluding hydrogens is 302 g/mol. The van der Waals surface area contributed by atoms with Crippen molar-refractivity contribution in [1.29, 1.82) is 0 Å². The summed E-state index contributed by atoms with van der Waals surface area (Å²) in [6, 6.07) is 9.13. The molecule has 1 aromatic heterocycles. The normalized spacial score (nSPS) is 25.1. The zero-order valence-electron chi connectivity index (χ0n) is 14.2. The molecule has 2 aliphatic rings. The van der Waals surface area contributed by atoms with E-state index in [2.05, 4.69) is 39.0 Å². The Kier molecular flexibility index (Phi) is 4.85. The van der Waals surface area contributed by atoms with Crippen LogP contribution >= 0.6 is 0 Å². The van der Waals surface area contributed by atoms with Gasteiger partial charge in [-0.1, -0.05) is 18.2 Å². The number of ether oxygens (including phenoxy) is 1. The Balaban J connectivity index is 1.44. The summed E-state index contributed by atoms with van der Waals surface area (Å²) in [7, 11) is 0. The third-order valence-electron chi connectivity index (χ3n) is 5.39. The monoisotopic (exact) mass is 329 g/mol. The molecule has 3 heterocycles. The quantitative estimate of drug-likeness (QED) is 0.902. The summed E-state index contributed by atoms with van der Waals surface area (Å²) in [6.07, 6.45) is 3.90. The van der Waals surface area contributed by atoms with Gasteiger partial charge in [-0.3, -0.25) is 9.80 Å². The van der Waals surface area contributed by atoms with Crippen molar-refractivity contribution in [2.24, 2.45) is 0 Å². The topological polar surface area (TPSA) is 51.7 Å². The smallest absolute Gasteiger partial charge is 0.0794 e. The van der Waals surface area contributed by atoms with E-state index in [0.717, 1.165) is 58.8 Å². The van der Waals surface area contributed by atoms with Gasteiger partial charge in [0.2, 0.25) is 0 Å². The molecule has 1 aromatic carbocycles. The van der Waals surface area contributed by atoms with Crippen molar-refractivity contribution in [1.82, 2.24) is 14.8 Å². The summed E-state index contributed by atoms with van der Waals surface area (Å²) in [5.74, 6) is 0. The number of aromatic amines is 1. The molecule has 0 spiro atoms. The van der Waals surface area contributed by atoms with Crippen molar-refractivity contribution in [3.8, 4) is 0 Å². The minimum absolute atomic E-state index is 0.279. The van der Waals surface area contributed by atoms with E-state index in [9.17, 15) is 5.11 Å². The first-order chi connectivity index (χ1) is 11.8. The Hall–Kier alpha value is -1.40. The molecule has 2 aliphatic heterocycles. The summed E-state index contributed by atoms with van der Waals surface area (Å²) < 4.78 is 5.48. The predicted octanol–water partition coefficient (Wildman–Crippen LogP) is 1.83. The summed E-state index contributed by atoms with van der Waals surface area (Å²) in [4.78, 5) is 8.21. The lowest BCUT2D eigenvalue weighted by Crippen LogP contribution is -2.43. The molecular formula is C19H27N3O2. The first-order valence-electron chi connectivity index (χ1n) is 9.07.